The molecule has 0 amide bonds. The van der Waals surface area contributed by atoms with Gasteiger partial charge in [-0.1, -0.05) is 37.3 Å². The summed E-state index contributed by atoms with van der Waals surface area (Å²) in [4.78, 5) is 0. The van der Waals surface area contributed by atoms with E-state index in [0.717, 1.165) is 6.54 Å². The van der Waals surface area contributed by atoms with Crippen LogP contribution in [0.3, 0.4) is 0 Å². The Hall–Kier alpha value is -0.820. The molecule has 1 nitrogen and oxygen atoms in total. The first-order valence-corrected chi connectivity index (χ1v) is 6.04. The number of hydrogen-bond donors (Lipinski definition) is 1. The van der Waals surface area contributed by atoms with E-state index in [1.165, 1.54) is 24.8 Å². The topological polar surface area (TPSA) is 12.0 Å². The van der Waals surface area contributed by atoms with Crippen LogP contribution in [0.25, 0.3) is 0 Å². The predicted octanol–water partition coefficient (Wildman–Crippen LogP) is 3.01. The van der Waals surface area contributed by atoms with Crippen molar-refractivity contribution in [1.29, 1.82) is 0 Å². The van der Waals surface area contributed by atoms with Gasteiger partial charge < -0.3 is 5.32 Å². The normalized spacial score (nSPS) is 19.9. The summed E-state index contributed by atoms with van der Waals surface area (Å²) in [5.74, 6) is 0. The van der Waals surface area contributed by atoms with E-state index >= 15 is 0 Å². The Labute approximate surface area is 92.9 Å². The number of nitrogens with one attached hydrogen (secondary N) is 1. The van der Waals surface area contributed by atoms with Crippen molar-refractivity contribution in [2.45, 2.75) is 39.2 Å². The largest absolute Gasteiger partial charge is 0.314 e. The third kappa shape index (κ3) is 2.40. The maximum absolute atomic E-state index is 3.57. The molecule has 1 heteroatoms. The van der Waals surface area contributed by atoms with Gasteiger partial charge in [0.1, 0.15) is 0 Å². The van der Waals surface area contributed by atoms with Crippen molar-refractivity contribution in [3.63, 3.8) is 0 Å². The van der Waals surface area contributed by atoms with Crippen LogP contribution < -0.4 is 5.32 Å². The minimum Gasteiger partial charge on any atom is -0.314 e. The first-order valence-electron chi connectivity index (χ1n) is 6.04. The molecule has 1 fully saturated rings. The molecule has 1 aliphatic carbocycles. The zero-order valence-electron chi connectivity index (χ0n) is 9.79. The highest BCUT2D eigenvalue weighted by Crippen LogP contribution is 2.51. The second kappa shape index (κ2) is 4.36. The quantitative estimate of drug-likeness (QED) is 0.775. The lowest BCUT2D eigenvalue weighted by Gasteiger charge is -2.24. The molecule has 0 saturated heterocycles. The molecule has 1 aromatic rings. The molecule has 1 aliphatic rings. The van der Waals surface area contributed by atoms with Crippen molar-refractivity contribution in [1.82, 2.24) is 5.32 Å². The maximum atomic E-state index is 3.57. The van der Waals surface area contributed by atoms with Gasteiger partial charge in [-0.15, -0.1) is 0 Å². The molecule has 1 N–H and O–H groups in total. The van der Waals surface area contributed by atoms with Crippen LogP contribution in [0.15, 0.2) is 30.3 Å². The van der Waals surface area contributed by atoms with E-state index in [1.807, 2.05) is 0 Å². The molecule has 1 saturated carbocycles. The Morgan fingerprint density at radius 2 is 1.93 bits per heavy atom. The summed E-state index contributed by atoms with van der Waals surface area (Å²) in [5.41, 5.74) is 2.04. The molecule has 1 unspecified atom stereocenters. The summed E-state index contributed by atoms with van der Waals surface area (Å²) in [7, 11) is 0. The van der Waals surface area contributed by atoms with E-state index in [9.17, 15) is 0 Å². The fourth-order valence-corrected chi connectivity index (χ4v) is 2.45. The lowest BCUT2D eigenvalue weighted by molar-refractivity contribution is 0.355. The average Bonchev–Trinajstić information content (AvgIpc) is 3.01. The SMILES string of the molecule is CCNC(C)C1(Cc2ccccc2)CC1. The van der Waals surface area contributed by atoms with Gasteiger partial charge in [0.25, 0.3) is 0 Å². The Bertz CT molecular complexity index is 300. The Morgan fingerprint density at radius 1 is 1.27 bits per heavy atom. The molecule has 0 spiro atoms. The molecule has 15 heavy (non-hydrogen) atoms. The van der Waals surface area contributed by atoms with E-state index in [4.69, 9.17) is 0 Å². The zero-order valence-corrected chi connectivity index (χ0v) is 9.79. The van der Waals surface area contributed by atoms with Crippen LogP contribution in [0.5, 0.6) is 0 Å². The van der Waals surface area contributed by atoms with Crippen LogP contribution in [0.2, 0.25) is 0 Å². The minimum absolute atomic E-state index is 0.553. The molecule has 0 radical (unpaired) electrons. The molecule has 0 bridgehead atoms. The first kappa shape index (κ1) is 10.7. The Morgan fingerprint density at radius 3 is 2.47 bits per heavy atom. The smallest absolute Gasteiger partial charge is 0.00982 e. The van der Waals surface area contributed by atoms with Gasteiger partial charge in [0.2, 0.25) is 0 Å². The molecular weight excluding hydrogens is 182 g/mol. The van der Waals surface area contributed by atoms with Crippen molar-refractivity contribution in [2.24, 2.45) is 5.41 Å². The van der Waals surface area contributed by atoms with Crippen molar-refractivity contribution in [3.8, 4) is 0 Å². The van der Waals surface area contributed by atoms with Crippen LogP contribution >= 0.6 is 0 Å². The van der Waals surface area contributed by atoms with Gasteiger partial charge >= 0.3 is 0 Å². The van der Waals surface area contributed by atoms with E-state index in [0.29, 0.717) is 11.5 Å². The van der Waals surface area contributed by atoms with Crippen LogP contribution in [0, 0.1) is 5.41 Å². The van der Waals surface area contributed by atoms with Crippen LogP contribution in [0.1, 0.15) is 32.3 Å². The fourth-order valence-electron chi connectivity index (χ4n) is 2.45. The molecule has 0 aromatic heterocycles. The molecular formula is C14H21N. The van der Waals surface area contributed by atoms with Gasteiger partial charge in [0, 0.05) is 6.04 Å². The van der Waals surface area contributed by atoms with Crippen molar-refractivity contribution < 1.29 is 0 Å². The van der Waals surface area contributed by atoms with Crippen molar-refractivity contribution in [3.05, 3.63) is 35.9 Å². The second-order valence-electron chi connectivity index (χ2n) is 4.80. The van der Waals surface area contributed by atoms with E-state index < -0.39 is 0 Å². The van der Waals surface area contributed by atoms with Gasteiger partial charge in [0.05, 0.1) is 0 Å². The molecule has 1 atom stereocenters. The molecule has 82 valence electrons. The Balaban J connectivity index is 1.99. The highest BCUT2D eigenvalue weighted by molar-refractivity contribution is 5.19. The molecule has 2 rings (SSSR count). The van der Waals surface area contributed by atoms with E-state index in [-0.39, 0.29) is 0 Å². The summed E-state index contributed by atoms with van der Waals surface area (Å²) in [6, 6.07) is 11.5. The summed E-state index contributed by atoms with van der Waals surface area (Å²) in [6.07, 6.45) is 4.01. The molecule has 0 aliphatic heterocycles. The fraction of sp³-hybridized carbons (Fsp3) is 0.571. The second-order valence-corrected chi connectivity index (χ2v) is 4.80. The van der Waals surface area contributed by atoms with Crippen LogP contribution in [-0.2, 0) is 6.42 Å². The van der Waals surface area contributed by atoms with E-state index in [1.54, 1.807) is 0 Å². The van der Waals surface area contributed by atoms with Crippen molar-refractivity contribution >= 4 is 0 Å². The highest BCUT2D eigenvalue weighted by atomic mass is 14.9. The summed E-state index contributed by atoms with van der Waals surface area (Å²) in [6.45, 7) is 5.60. The zero-order chi connectivity index (χ0) is 10.7. The highest BCUT2D eigenvalue weighted by Gasteiger charge is 2.46. The third-order valence-electron chi connectivity index (χ3n) is 3.72. The van der Waals surface area contributed by atoms with E-state index in [2.05, 4.69) is 49.5 Å². The van der Waals surface area contributed by atoms with Gasteiger partial charge in [-0.25, -0.2) is 0 Å². The maximum Gasteiger partial charge on any atom is 0.00982 e. The minimum atomic E-state index is 0.553. The molecule has 1 aromatic carbocycles. The third-order valence-corrected chi connectivity index (χ3v) is 3.72. The van der Waals surface area contributed by atoms with Gasteiger partial charge in [-0.2, -0.15) is 0 Å². The average molecular weight is 203 g/mol. The van der Waals surface area contributed by atoms with Gasteiger partial charge in [-0.3, -0.25) is 0 Å². The first-order chi connectivity index (χ1) is 7.27. The Kier molecular flexibility index (Phi) is 3.11. The van der Waals surface area contributed by atoms with Gasteiger partial charge in [0.15, 0.2) is 0 Å². The lowest BCUT2D eigenvalue weighted by Crippen LogP contribution is -2.35. The standard InChI is InChI=1S/C14H21N/c1-3-15-12(2)14(9-10-14)11-13-7-5-4-6-8-13/h4-8,12,15H,3,9-11H2,1-2H3. The summed E-state index contributed by atoms with van der Waals surface area (Å²) >= 11 is 0. The van der Waals surface area contributed by atoms with Crippen LogP contribution in [0.4, 0.5) is 0 Å². The van der Waals surface area contributed by atoms with Crippen molar-refractivity contribution in [2.75, 3.05) is 6.54 Å². The predicted molar refractivity (Wildman–Crippen MR) is 65.0 cm³/mol. The summed E-state index contributed by atoms with van der Waals surface area (Å²) < 4.78 is 0. The van der Waals surface area contributed by atoms with Crippen LogP contribution in [-0.4, -0.2) is 12.6 Å². The monoisotopic (exact) mass is 203 g/mol. The lowest BCUT2D eigenvalue weighted by atomic mass is 9.90. The van der Waals surface area contributed by atoms with Gasteiger partial charge in [-0.05, 0) is 43.7 Å². The number of rotatable bonds is 5. The number of hydrogen-bond acceptors (Lipinski definition) is 1. The number of benzene rings is 1. The summed E-state index contributed by atoms with van der Waals surface area (Å²) in [5, 5.41) is 3.57. The molecule has 0 heterocycles.